The highest BCUT2D eigenvalue weighted by Gasteiger charge is 2.24. The molecule has 0 aliphatic rings. The van der Waals surface area contributed by atoms with Crippen molar-refractivity contribution in [2.45, 2.75) is 39.7 Å². The van der Waals surface area contributed by atoms with Crippen LogP contribution in [-0.2, 0) is 0 Å². The predicted molar refractivity (Wildman–Crippen MR) is 122 cm³/mol. The Morgan fingerprint density at radius 2 is 1.56 bits per heavy atom. The molecule has 0 aliphatic carbocycles. The molecule has 1 atom stereocenters. The molecule has 0 fully saturated rings. The second kappa shape index (κ2) is 8.54. The van der Waals surface area contributed by atoms with Crippen LogP contribution in [0.3, 0.4) is 0 Å². The van der Waals surface area contributed by atoms with Crippen molar-refractivity contribution in [3.05, 3.63) is 94.8 Å². The third-order valence-electron chi connectivity index (χ3n) is 5.66. The Labute approximate surface area is 185 Å². The number of rotatable bonds is 5. The van der Waals surface area contributed by atoms with E-state index in [0.717, 1.165) is 5.56 Å². The summed E-state index contributed by atoms with van der Waals surface area (Å²) in [5.41, 5.74) is 3.51. The summed E-state index contributed by atoms with van der Waals surface area (Å²) in [5, 5.41) is 7.62. The van der Waals surface area contributed by atoms with Crippen molar-refractivity contribution < 1.29 is 13.6 Å². The maximum absolute atomic E-state index is 14.6. The molecule has 6 heteroatoms. The standard InChI is InChI=1S/C26H25F2N3O/c1-15(2)25-19(26(32)29-16(3)18-9-6-5-7-10-18)13-14-22-23(17(4)30-31(22)25)24-20(27)11-8-12-21(24)28/h5-16H,1-4H3,(H,29,32)/t16-/m0/s1. The zero-order chi connectivity index (χ0) is 23.0. The van der Waals surface area contributed by atoms with Gasteiger partial charge >= 0.3 is 0 Å². The van der Waals surface area contributed by atoms with E-state index >= 15 is 0 Å². The third kappa shape index (κ3) is 3.77. The zero-order valence-corrected chi connectivity index (χ0v) is 18.5. The minimum Gasteiger partial charge on any atom is -0.345 e. The normalized spacial score (nSPS) is 12.3. The topological polar surface area (TPSA) is 46.4 Å². The van der Waals surface area contributed by atoms with Gasteiger partial charge in [0.25, 0.3) is 5.91 Å². The average Bonchev–Trinajstić information content (AvgIpc) is 3.09. The number of halogens is 2. The number of benzene rings is 2. The maximum atomic E-state index is 14.6. The molecule has 4 aromatic rings. The zero-order valence-electron chi connectivity index (χ0n) is 18.5. The average molecular weight is 434 g/mol. The van der Waals surface area contributed by atoms with Gasteiger partial charge in [-0.15, -0.1) is 0 Å². The summed E-state index contributed by atoms with van der Waals surface area (Å²) in [7, 11) is 0. The summed E-state index contributed by atoms with van der Waals surface area (Å²) in [4.78, 5) is 13.2. The molecule has 0 radical (unpaired) electrons. The fourth-order valence-corrected chi connectivity index (χ4v) is 4.14. The molecule has 1 N–H and O–H groups in total. The molecule has 4 rings (SSSR count). The quantitative estimate of drug-likeness (QED) is 0.407. The Bertz CT molecular complexity index is 1280. The third-order valence-corrected chi connectivity index (χ3v) is 5.66. The Kier molecular flexibility index (Phi) is 5.78. The number of pyridine rings is 1. The van der Waals surface area contributed by atoms with Crippen molar-refractivity contribution in [1.82, 2.24) is 14.9 Å². The van der Waals surface area contributed by atoms with Crippen LogP contribution in [0.15, 0.2) is 60.7 Å². The second-order valence-electron chi connectivity index (χ2n) is 8.25. The molecule has 4 nitrogen and oxygen atoms in total. The number of nitrogens with one attached hydrogen (secondary N) is 1. The summed E-state index contributed by atoms with van der Waals surface area (Å²) in [6, 6.07) is 16.8. The molecule has 0 spiro atoms. The van der Waals surface area contributed by atoms with Crippen LogP contribution in [-0.4, -0.2) is 15.5 Å². The van der Waals surface area contributed by atoms with Gasteiger partial charge in [0.05, 0.1) is 34.1 Å². The van der Waals surface area contributed by atoms with Gasteiger partial charge in [-0.05, 0) is 49.6 Å². The van der Waals surface area contributed by atoms with Gasteiger partial charge in [0.1, 0.15) is 11.6 Å². The lowest BCUT2D eigenvalue weighted by Crippen LogP contribution is -2.28. The molecule has 0 bridgehead atoms. The van der Waals surface area contributed by atoms with E-state index in [4.69, 9.17) is 0 Å². The van der Waals surface area contributed by atoms with Gasteiger partial charge in [0, 0.05) is 5.56 Å². The molecule has 0 saturated heterocycles. The largest absolute Gasteiger partial charge is 0.345 e. The SMILES string of the molecule is Cc1nn2c(C(C)C)c(C(=O)N[C@@H](C)c3ccccc3)ccc2c1-c1c(F)cccc1F. The number of fused-ring (bicyclic) bond motifs is 1. The first-order valence-corrected chi connectivity index (χ1v) is 10.6. The number of hydrogen-bond donors (Lipinski definition) is 1. The molecule has 2 aromatic carbocycles. The van der Waals surface area contributed by atoms with Crippen molar-refractivity contribution >= 4 is 11.4 Å². The van der Waals surface area contributed by atoms with Crippen molar-refractivity contribution in [1.29, 1.82) is 0 Å². The summed E-state index contributed by atoms with van der Waals surface area (Å²) in [6.07, 6.45) is 0. The molecular formula is C26H25F2N3O. The van der Waals surface area contributed by atoms with Crippen LogP contribution in [0.5, 0.6) is 0 Å². The Balaban J connectivity index is 1.83. The van der Waals surface area contributed by atoms with E-state index in [1.807, 2.05) is 51.1 Å². The molecular weight excluding hydrogens is 408 g/mol. The smallest absolute Gasteiger partial charge is 0.253 e. The summed E-state index contributed by atoms with van der Waals surface area (Å²) < 4.78 is 30.7. The molecule has 2 heterocycles. The van der Waals surface area contributed by atoms with E-state index in [1.165, 1.54) is 18.2 Å². The predicted octanol–water partition coefficient (Wildman–Crippen LogP) is 6.20. The van der Waals surface area contributed by atoms with Gasteiger partial charge in [-0.25, -0.2) is 13.3 Å². The summed E-state index contributed by atoms with van der Waals surface area (Å²) in [6.45, 7) is 7.58. The van der Waals surface area contributed by atoms with Crippen molar-refractivity contribution in [2.24, 2.45) is 0 Å². The first-order valence-electron chi connectivity index (χ1n) is 10.6. The Morgan fingerprint density at radius 3 is 2.19 bits per heavy atom. The number of aryl methyl sites for hydroxylation is 1. The number of nitrogens with zero attached hydrogens (tertiary/aromatic N) is 2. The van der Waals surface area contributed by atoms with Crippen LogP contribution in [0.2, 0.25) is 0 Å². The lowest BCUT2D eigenvalue weighted by molar-refractivity contribution is 0.0937. The van der Waals surface area contributed by atoms with E-state index in [2.05, 4.69) is 10.4 Å². The van der Waals surface area contributed by atoms with Crippen molar-refractivity contribution in [3.8, 4) is 11.1 Å². The van der Waals surface area contributed by atoms with Gasteiger partial charge in [-0.3, -0.25) is 4.79 Å². The Morgan fingerprint density at radius 1 is 0.906 bits per heavy atom. The van der Waals surface area contributed by atoms with E-state index in [-0.39, 0.29) is 23.4 Å². The number of carbonyl (C=O) groups is 1. The van der Waals surface area contributed by atoms with Crippen LogP contribution in [0, 0.1) is 18.6 Å². The minimum atomic E-state index is -0.646. The maximum Gasteiger partial charge on any atom is 0.253 e. The van der Waals surface area contributed by atoms with Gasteiger partial charge in [-0.2, -0.15) is 5.10 Å². The molecule has 1 amide bonds. The van der Waals surface area contributed by atoms with Crippen LogP contribution in [0.1, 0.15) is 60.0 Å². The van der Waals surface area contributed by atoms with Crippen molar-refractivity contribution in [2.75, 3.05) is 0 Å². The van der Waals surface area contributed by atoms with Gasteiger partial charge < -0.3 is 5.32 Å². The highest BCUT2D eigenvalue weighted by atomic mass is 19.1. The van der Waals surface area contributed by atoms with Crippen LogP contribution < -0.4 is 5.32 Å². The molecule has 32 heavy (non-hydrogen) atoms. The molecule has 2 aromatic heterocycles. The van der Waals surface area contributed by atoms with Crippen LogP contribution in [0.25, 0.3) is 16.6 Å². The number of hydrogen-bond acceptors (Lipinski definition) is 2. The van der Waals surface area contributed by atoms with Crippen LogP contribution in [0.4, 0.5) is 8.78 Å². The fourth-order valence-electron chi connectivity index (χ4n) is 4.14. The van der Waals surface area contributed by atoms with Crippen molar-refractivity contribution in [3.63, 3.8) is 0 Å². The molecule has 0 aliphatic heterocycles. The van der Waals surface area contributed by atoms with Gasteiger partial charge in [0.2, 0.25) is 0 Å². The first-order chi connectivity index (χ1) is 15.3. The number of amides is 1. The van der Waals surface area contributed by atoms with Gasteiger partial charge in [-0.1, -0.05) is 50.2 Å². The minimum absolute atomic E-state index is 0.0518. The summed E-state index contributed by atoms with van der Waals surface area (Å²) >= 11 is 0. The molecule has 164 valence electrons. The highest BCUT2D eigenvalue weighted by molar-refractivity contribution is 5.97. The molecule has 0 saturated carbocycles. The number of carbonyl (C=O) groups excluding carboxylic acids is 1. The van der Waals surface area contributed by atoms with E-state index in [1.54, 1.807) is 23.6 Å². The highest BCUT2D eigenvalue weighted by Crippen LogP contribution is 2.35. The van der Waals surface area contributed by atoms with E-state index in [9.17, 15) is 13.6 Å². The molecule has 0 unspecified atom stereocenters. The van der Waals surface area contributed by atoms with Crippen LogP contribution >= 0.6 is 0 Å². The summed E-state index contributed by atoms with van der Waals surface area (Å²) in [5.74, 6) is -1.57. The first kappa shape index (κ1) is 21.7. The lowest BCUT2D eigenvalue weighted by Gasteiger charge is -2.18. The number of aromatic nitrogens is 2. The monoisotopic (exact) mass is 433 g/mol. The lowest BCUT2D eigenvalue weighted by atomic mass is 9.99. The van der Waals surface area contributed by atoms with E-state index in [0.29, 0.717) is 28.0 Å². The van der Waals surface area contributed by atoms with E-state index < -0.39 is 11.6 Å². The van der Waals surface area contributed by atoms with Gasteiger partial charge in [0.15, 0.2) is 0 Å². The fraction of sp³-hybridized carbons (Fsp3) is 0.231. The Hall–Kier alpha value is -3.54. The second-order valence-corrected chi connectivity index (χ2v) is 8.25.